The van der Waals surface area contributed by atoms with Gasteiger partial charge in [-0.3, -0.25) is 19.3 Å². The fourth-order valence-corrected chi connectivity index (χ4v) is 6.59. The average molecular weight is 704 g/mol. The number of aromatic nitrogens is 1. The Kier molecular flexibility index (Phi) is 12.2. The molecule has 1 saturated heterocycles. The van der Waals surface area contributed by atoms with Crippen LogP contribution in [0.2, 0.25) is 0 Å². The summed E-state index contributed by atoms with van der Waals surface area (Å²) in [6.45, 7) is 10.2. The molecular formula is C37H45F4N3O6. The summed E-state index contributed by atoms with van der Waals surface area (Å²) in [6.07, 6.45) is -4.41. The molecule has 2 unspecified atom stereocenters. The maximum Gasteiger partial charge on any atom is 0.416 e. The van der Waals surface area contributed by atoms with Gasteiger partial charge in [0.1, 0.15) is 17.6 Å². The largest absolute Gasteiger partial charge is 0.496 e. The summed E-state index contributed by atoms with van der Waals surface area (Å²) in [7, 11) is 3.10. The number of carboxylic acids is 1. The monoisotopic (exact) mass is 703 g/mol. The van der Waals surface area contributed by atoms with Crippen molar-refractivity contribution in [3.8, 4) is 16.9 Å². The minimum Gasteiger partial charge on any atom is -0.496 e. The lowest BCUT2D eigenvalue weighted by molar-refractivity contribution is -0.139. The number of hydrogen-bond acceptors (Lipinski definition) is 6. The maximum absolute atomic E-state index is 15.9. The molecule has 2 aromatic carbocycles. The number of carbonyl (C=O) groups excluding carboxylic acids is 1. The molecule has 2 N–H and O–H groups in total. The van der Waals surface area contributed by atoms with Gasteiger partial charge in [0, 0.05) is 44.6 Å². The molecule has 3 aromatic rings. The number of amides is 1. The first-order chi connectivity index (χ1) is 23.4. The number of methoxy groups -OCH3 is 2. The second-order valence-electron chi connectivity index (χ2n) is 13.4. The number of rotatable bonds is 14. The summed E-state index contributed by atoms with van der Waals surface area (Å²) in [5.74, 6) is -2.45. The Labute approximate surface area is 289 Å². The van der Waals surface area contributed by atoms with Gasteiger partial charge in [-0.2, -0.15) is 13.2 Å². The number of nitrogens with zero attached hydrogens (tertiary/aromatic N) is 2. The van der Waals surface area contributed by atoms with E-state index in [1.807, 2.05) is 30.9 Å². The van der Waals surface area contributed by atoms with Crippen LogP contribution in [0.15, 0.2) is 41.3 Å². The van der Waals surface area contributed by atoms with Crippen molar-refractivity contribution in [3.05, 3.63) is 86.1 Å². The van der Waals surface area contributed by atoms with Gasteiger partial charge in [-0.25, -0.2) is 4.39 Å². The Balaban J connectivity index is 1.76. The molecule has 2 heterocycles. The molecule has 1 fully saturated rings. The first-order valence-corrected chi connectivity index (χ1v) is 16.5. The SMILES string of the molecule is COc1ccc(C)c(-c2cc(C)c(F)c(C(CC(=O)O)NC(=O)C(CC(C)C)n3cc(CCN4CC(OC)C4)c(C(F)(F)F)cc3=O)c2)c1C. The predicted molar refractivity (Wildman–Crippen MR) is 181 cm³/mol. The first-order valence-electron chi connectivity index (χ1n) is 16.5. The van der Waals surface area contributed by atoms with E-state index >= 15 is 4.39 Å². The summed E-state index contributed by atoms with van der Waals surface area (Å²) >= 11 is 0. The number of benzene rings is 2. The highest BCUT2D eigenvalue weighted by atomic mass is 19.4. The van der Waals surface area contributed by atoms with E-state index in [-0.39, 0.29) is 48.1 Å². The van der Waals surface area contributed by atoms with Crippen molar-refractivity contribution in [2.75, 3.05) is 33.9 Å². The normalized spacial score (nSPS) is 15.1. The number of carbonyl (C=O) groups is 2. The van der Waals surface area contributed by atoms with Crippen LogP contribution < -0.4 is 15.6 Å². The van der Waals surface area contributed by atoms with Gasteiger partial charge in [-0.1, -0.05) is 19.9 Å². The Bertz CT molecular complexity index is 1780. The number of hydrogen-bond donors (Lipinski definition) is 2. The molecule has 1 aromatic heterocycles. The van der Waals surface area contributed by atoms with E-state index in [1.165, 1.54) is 20.1 Å². The highest BCUT2D eigenvalue weighted by molar-refractivity contribution is 5.82. The van der Waals surface area contributed by atoms with E-state index in [0.29, 0.717) is 30.5 Å². The zero-order valence-electron chi connectivity index (χ0n) is 29.4. The Morgan fingerprint density at radius 1 is 1.06 bits per heavy atom. The van der Waals surface area contributed by atoms with Gasteiger partial charge in [0.25, 0.3) is 5.56 Å². The van der Waals surface area contributed by atoms with Crippen LogP contribution >= 0.6 is 0 Å². The van der Waals surface area contributed by atoms with Gasteiger partial charge < -0.3 is 24.5 Å². The van der Waals surface area contributed by atoms with E-state index in [9.17, 15) is 32.7 Å². The molecule has 1 aliphatic heterocycles. The van der Waals surface area contributed by atoms with Crippen molar-refractivity contribution in [3.63, 3.8) is 0 Å². The van der Waals surface area contributed by atoms with Crippen molar-refractivity contribution in [2.24, 2.45) is 5.92 Å². The van der Waals surface area contributed by atoms with E-state index in [2.05, 4.69) is 5.32 Å². The second-order valence-corrected chi connectivity index (χ2v) is 13.4. The lowest BCUT2D eigenvalue weighted by Gasteiger charge is -2.38. The molecule has 272 valence electrons. The highest BCUT2D eigenvalue weighted by Crippen LogP contribution is 2.37. The zero-order chi connectivity index (χ0) is 37.1. The number of nitrogens with one attached hydrogen (secondary N) is 1. The molecule has 9 nitrogen and oxygen atoms in total. The van der Waals surface area contributed by atoms with Crippen LogP contribution in [0.1, 0.15) is 72.2 Å². The minimum absolute atomic E-state index is 0.00166. The van der Waals surface area contributed by atoms with Crippen molar-refractivity contribution in [2.45, 2.75) is 78.2 Å². The van der Waals surface area contributed by atoms with Crippen molar-refractivity contribution >= 4 is 11.9 Å². The minimum atomic E-state index is -4.81. The van der Waals surface area contributed by atoms with Crippen LogP contribution in [-0.4, -0.2) is 66.4 Å². The number of ether oxygens (including phenoxy) is 2. The molecule has 1 aliphatic rings. The molecule has 0 saturated carbocycles. The van der Waals surface area contributed by atoms with Gasteiger partial charge in [0.05, 0.1) is 31.2 Å². The van der Waals surface area contributed by atoms with Gasteiger partial charge >= 0.3 is 12.1 Å². The smallest absolute Gasteiger partial charge is 0.416 e. The molecule has 2 atom stereocenters. The fraction of sp³-hybridized carbons (Fsp3) is 0.486. The summed E-state index contributed by atoms with van der Waals surface area (Å²) in [6, 6.07) is 4.61. The third-order valence-electron chi connectivity index (χ3n) is 9.24. The summed E-state index contributed by atoms with van der Waals surface area (Å²) in [5, 5.41) is 12.5. The summed E-state index contributed by atoms with van der Waals surface area (Å²) < 4.78 is 69.9. The Morgan fingerprint density at radius 2 is 1.74 bits per heavy atom. The van der Waals surface area contributed by atoms with Crippen molar-refractivity contribution < 1.29 is 41.7 Å². The fourth-order valence-electron chi connectivity index (χ4n) is 6.59. The Hall–Kier alpha value is -4.23. The van der Waals surface area contributed by atoms with Crippen LogP contribution in [0.5, 0.6) is 5.75 Å². The van der Waals surface area contributed by atoms with Gasteiger partial charge in [-0.15, -0.1) is 0 Å². The van der Waals surface area contributed by atoms with Crippen molar-refractivity contribution in [1.29, 1.82) is 0 Å². The lowest BCUT2D eigenvalue weighted by atomic mass is 9.90. The Morgan fingerprint density at radius 3 is 2.32 bits per heavy atom. The molecule has 0 aliphatic carbocycles. The number of aliphatic carboxylic acids is 1. The summed E-state index contributed by atoms with van der Waals surface area (Å²) in [5.41, 5.74) is 0.854. The molecule has 0 bridgehead atoms. The van der Waals surface area contributed by atoms with Crippen LogP contribution in [0.3, 0.4) is 0 Å². The molecule has 0 radical (unpaired) electrons. The number of likely N-dealkylation sites (tertiary alicyclic amines) is 1. The van der Waals surface area contributed by atoms with Gasteiger partial charge in [0.2, 0.25) is 5.91 Å². The average Bonchev–Trinajstić information content (AvgIpc) is 3.00. The number of pyridine rings is 1. The summed E-state index contributed by atoms with van der Waals surface area (Å²) in [4.78, 5) is 41.4. The number of alkyl halides is 3. The van der Waals surface area contributed by atoms with Gasteiger partial charge in [-0.05, 0) is 91.1 Å². The van der Waals surface area contributed by atoms with Crippen LogP contribution in [-0.2, 0) is 26.9 Å². The number of carboxylic acid groups (broad SMARTS) is 1. The highest BCUT2D eigenvalue weighted by Gasteiger charge is 2.37. The van der Waals surface area contributed by atoms with E-state index in [1.54, 1.807) is 27.0 Å². The second kappa shape index (κ2) is 15.8. The number of aryl methyl sites for hydroxylation is 2. The lowest BCUT2D eigenvalue weighted by Crippen LogP contribution is -2.52. The van der Waals surface area contributed by atoms with Crippen LogP contribution in [0.25, 0.3) is 11.1 Å². The first kappa shape index (κ1) is 38.6. The van der Waals surface area contributed by atoms with Crippen LogP contribution in [0, 0.1) is 32.5 Å². The van der Waals surface area contributed by atoms with E-state index in [0.717, 1.165) is 27.5 Å². The molecule has 0 spiro atoms. The zero-order valence-corrected chi connectivity index (χ0v) is 29.4. The van der Waals surface area contributed by atoms with E-state index in [4.69, 9.17) is 9.47 Å². The predicted octanol–water partition coefficient (Wildman–Crippen LogP) is 6.40. The number of halogens is 4. The third-order valence-corrected chi connectivity index (χ3v) is 9.24. The molecule has 1 amide bonds. The standard InChI is InChI=1S/C37H45F4N3O6/c1-20(2)12-30(44-17-24(10-11-43-18-26(19-43)49-6)28(15-32(44)45)37(39,40)41)36(48)42-29(16-33(46)47)27-14-25(13-22(4)35(27)38)34-21(3)8-9-31(50-7)23(34)5/h8-9,13-15,17,20,26,29-30H,10-12,16,18-19H2,1-7H3,(H,42,48)(H,46,47). The van der Waals surface area contributed by atoms with Gasteiger partial charge in [0.15, 0.2) is 0 Å². The molecule has 4 rings (SSSR count). The quantitative estimate of drug-likeness (QED) is 0.187. The maximum atomic E-state index is 15.9. The molecule has 50 heavy (non-hydrogen) atoms. The molecular weight excluding hydrogens is 658 g/mol. The molecule has 13 heteroatoms. The topological polar surface area (TPSA) is 110 Å². The van der Waals surface area contributed by atoms with E-state index < -0.39 is 53.5 Å². The van der Waals surface area contributed by atoms with Crippen LogP contribution in [0.4, 0.5) is 17.6 Å². The van der Waals surface area contributed by atoms with Crippen molar-refractivity contribution in [1.82, 2.24) is 14.8 Å². The third kappa shape index (κ3) is 8.73.